The van der Waals surface area contributed by atoms with Gasteiger partial charge in [-0.1, -0.05) is 0 Å². The molecule has 2 aliphatic heterocycles. The van der Waals surface area contributed by atoms with Gasteiger partial charge < -0.3 is 0 Å². The second kappa shape index (κ2) is 4.61. The molecule has 0 amide bonds. The molecule has 1 fully saturated rings. The van der Waals surface area contributed by atoms with Gasteiger partial charge in [0.2, 0.25) is 0 Å². The normalized spacial score (nSPS) is 24.0. The zero-order valence-electron chi connectivity index (χ0n) is 11.3. The maximum atomic E-state index is 5.96. The summed E-state index contributed by atoms with van der Waals surface area (Å²) in [6.07, 6.45) is 0. The summed E-state index contributed by atoms with van der Waals surface area (Å²) in [4.78, 5) is 0. The van der Waals surface area contributed by atoms with Gasteiger partial charge in [-0.3, -0.25) is 0 Å². The molecule has 2 aromatic rings. The van der Waals surface area contributed by atoms with Gasteiger partial charge in [0.25, 0.3) is 0 Å². The van der Waals surface area contributed by atoms with Crippen LogP contribution < -0.4 is 10.8 Å². The molecule has 2 aliphatic rings. The van der Waals surface area contributed by atoms with Gasteiger partial charge in [0, 0.05) is 0 Å². The quantitative estimate of drug-likeness (QED) is 0.866. The fraction of sp³-hybridized carbons (Fsp3) is 0.133. The number of nitrogens with one attached hydrogen (secondary N) is 1. The van der Waals surface area contributed by atoms with E-state index >= 15 is 0 Å². The number of hydrogen-bond donors (Lipinski definition) is 1. The SMILES string of the molecule is c1ccc(C2=NP3(c4ccccc4)(OCCO3)ON2)cc1. The molecule has 108 valence electrons. The van der Waals surface area contributed by atoms with E-state index in [0.717, 1.165) is 10.9 Å². The summed E-state index contributed by atoms with van der Waals surface area (Å²) in [6.45, 7) is 0.944. The van der Waals surface area contributed by atoms with Gasteiger partial charge in [0.15, 0.2) is 0 Å². The van der Waals surface area contributed by atoms with E-state index in [1.165, 1.54) is 0 Å². The molecule has 2 aromatic carbocycles. The third-order valence-electron chi connectivity index (χ3n) is 3.53. The Labute approximate surface area is 122 Å². The van der Waals surface area contributed by atoms with Crippen LogP contribution in [-0.2, 0) is 13.7 Å². The van der Waals surface area contributed by atoms with Crippen molar-refractivity contribution in [2.45, 2.75) is 0 Å². The van der Waals surface area contributed by atoms with Crippen molar-refractivity contribution in [2.75, 3.05) is 13.2 Å². The molecular weight excluding hydrogens is 287 g/mol. The summed E-state index contributed by atoms with van der Waals surface area (Å²) in [5.74, 6) is 0.638. The van der Waals surface area contributed by atoms with Crippen molar-refractivity contribution >= 4 is 18.6 Å². The second-order valence-electron chi connectivity index (χ2n) is 4.85. The number of benzene rings is 2. The standard InChI is InChI=1S/C15H15N2O3P/c1-3-7-13(8-4-1)15-16-20-21(17-15,18-11-12-19-21)14-9-5-2-6-10-14/h1-10H,11-12H2,(H,16,17). The maximum absolute atomic E-state index is 5.96. The fourth-order valence-electron chi connectivity index (χ4n) is 2.53. The predicted molar refractivity (Wildman–Crippen MR) is 82.1 cm³/mol. The van der Waals surface area contributed by atoms with E-state index in [2.05, 4.69) is 5.48 Å². The molecule has 1 spiro atoms. The van der Waals surface area contributed by atoms with Gasteiger partial charge in [0.05, 0.1) is 0 Å². The molecule has 1 N–H and O–H groups in total. The number of hydroxylamine groups is 1. The van der Waals surface area contributed by atoms with Crippen LogP contribution in [-0.4, -0.2) is 19.0 Å². The Balaban J connectivity index is 1.86. The van der Waals surface area contributed by atoms with Crippen molar-refractivity contribution in [2.24, 2.45) is 4.76 Å². The number of hydrogen-bond acceptors (Lipinski definition) is 5. The van der Waals surface area contributed by atoms with E-state index in [-0.39, 0.29) is 0 Å². The molecule has 0 aromatic heterocycles. The molecule has 6 heteroatoms. The molecule has 0 bridgehead atoms. The summed E-state index contributed by atoms with van der Waals surface area (Å²) in [6, 6.07) is 19.5. The van der Waals surface area contributed by atoms with Crippen LogP contribution in [0.3, 0.4) is 0 Å². The van der Waals surface area contributed by atoms with E-state index in [1.54, 1.807) is 0 Å². The first-order valence-corrected chi connectivity index (χ1v) is 8.74. The fourth-order valence-corrected chi connectivity index (χ4v) is 5.60. The van der Waals surface area contributed by atoms with Gasteiger partial charge in [-0.2, -0.15) is 0 Å². The molecule has 1 saturated heterocycles. The van der Waals surface area contributed by atoms with Crippen LogP contribution in [0.4, 0.5) is 0 Å². The Morgan fingerprint density at radius 3 is 2.14 bits per heavy atom. The van der Waals surface area contributed by atoms with Crippen molar-refractivity contribution in [3.63, 3.8) is 0 Å². The van der Waals surface area contributed by atoms with E-state index in [0.29, 0.717) is 19.0 Å². The minimum atomic E-state index is -3.65. The zero-order chi connectivity index (χ0) is 14.2. The molecule has 0 atom stereocenters. The molecule has 0 saturated carbocycles. The van der Waals surface area contributed by atoms with E-state index in [1.807, 2.05) is 60.7 Å². The van der Waals surface area contributed by atoms with Crippen molar-refractivity contribution in [1.82, 2.24) is 5.48 Å². The van der Waals surface area contributed by atoms with Crippen molar-refractivity contribution in [3.05, 3.63) is 66.2 Å². The van der Waals surface area contributed by atoms with Gasteiger partial charge >= 0.3 is 122 Å². The Morgan fingerprint density at radius 2 is 1.48 bits per heavy atom. The molecule has 21 heavy (non-hydrogen) atoms. The van der Waals surface area contributed by atoms with Crippen LogP contribution in [0.5, 0.6) is 0 Å². The van der Waals surface area contributed by atoms with Crippen LogP contribution in [0.1, 0.15) is 5.56 Å². The first-order chi connectivity index (χ1) is 10.3. The second-order valence-corrected chi connectivity index (χ2v) is 7.95. The average Bonchev–Trinajstić information content (AvgIpc) is 3.17. The Kier molecular flexibility index (Phi) is 2.84. The Hall–Kier alpha value is -1.78. The number of rotatable bonds is 2. The first-order valence-electron chi connectivity index (χ1n) is 6.80. The van der Waals surface area contributed by atoms with Crippen LogP contribution in [0, 0.1) is 0 Å². The van der Waals surface area contributed by atoms with Crippen molar-refractivity contribution in [3.8, 4) is 0 Å². The third kappa shape index (κ3) is 1.90. The summed E-state index contributed by atoms with van der Waals surface area (Å²) >= 11 is 0. The van der Waals surface area contributed by atoms with Crippen molar-refractivity contribution < 1.29 is 13.7 Å². The monoisotopic (exact) mass is 302 g/mol. The predicted octanol–water partition coefficient (Wildman–Crippen LogP) is 2.55. The van der Waals surface area contributed by atoms with Crippen molar-refractivity contribution in [1.29, 1.82) is 0 Å². The van der Waals surface area contributed by atoms with Gasteiger partial charge in [-0.25, -0.2) is 0 Å². The summed E-state index contributed by atoms with van der Waals surface area (Å²) in [5.41, 5.74) is 3.84. The van der Waals surface area contributed by atoms with E-state index < -0.39 is 7.43 Å². The molecule has 0 aliphatic carbocycles. The van der Waals surface area contributed by atoms with Crippen LogP contribution in [0.15, 0.2) is 65.4 Å². The summed E-state index contributed by atoms with van der Waals surface area (Å²) in [7, 11) is -3.65. The zero-order valence-corrected chi connectivity index (χ0v) is 12.2. The van der Waals surface area contributed by atoms with Gasteiger partial charge in [-0.05, 0) is 0 Å². The minimum absolute atomic E-state index is 0.472. The topological polar surface area (TPSA) is 52.1 Å². The molecular formula is C15H15N2O3P. The van der Waals surface area contributed by atoms with Crippen LogP contribution in [0.2, 0.25) is 0 Å². The molecule has 0 unspecified atom stereocenters. The first kappa shape index (κ1) is 12.9. The third-order valence-corrected chi connectivity index (χ3v) is 6.93. The Bertz CT molecular complexity index is 685. The Morgan fingerprint density at radius 1 is 0.857 bits per heavy atom. The molecule has 4 rings (SSSR count). The van der Waals surface area contributed by atoms with Gasteiger partial charge in [-0.15, -0.1) is 0 Å². The van der Waals surface area contributed by atoms with E-state index in [4.69, 9.17) is 18.4 Å². The van der Waals surface area contributed by atoms with E-state index in [9.17, 15) is 0 Å². The molecule has 5 nitrogen and oxygen atoms in total. The number of nitrogens with zero attached hydrogens (tertiary/aromatic N) is 1. The van der Waals surface area contributed by atoms with Crippen LogP contribution >= 0.6 is 7.43 Å². The summed E-state index contributed by atoms with van der Waals surface area (Å²) < 4.78 is 22.6. The number of amidine groups is 1. The van der Waals surface area contributed by atoms with Gasteiger partial charge in [0.1, 0.15) is 0 Å². The van der Waals surface area contributed by atoms with Crippen LogP contribution in [0.25, 0.3) is 0 Å². The molecule has 0 radical (unpaired) electrons. The average molecular weight is 302 g/mol. The molecule has 2 heterocycles. The summed E-state index contributed by atoms with van der Waals surface area (Å²) in [5, 5.41) is 0.833.